The fourth-order valence-electron chi connectivity index (χ4n) is 3.71. The molecule has 3 rings (SSSR count). The van der Waals surface area contributed by atoms with Crippen molar-refractivity contribution in [3.8, 4) is 0 Å². The average molecular weight is 395 g/mol. The van der Waals surface area contributed by atoms with Gasteiger partial charge in [0, 0.05) is 24.9 Å². The maximum Gasteiger partial charge on any atom is 0.243 e. The van der Waals surface area contributed by atoms with Crippen LogP contribution in [0.1, 0.15) is 44.0 Å². The van der Waals surface area contributed by atoms with Gasteiger partial charge in [-0.2, -0.15) is 0 Å². The zero-order valence-corrected chi connectivity index (χ0v) is 17.1. The second-order valence-corrected chi connectivity index (χ2v) is 7.96. The monoisotopic (exact) mass is 394 g/mol. The molecule has 1 fully saturated rings. The number of nitrogens with one attached hydrogen (secondary N) is 1. The van der Waals surface area contributed by atoms with Crippen molar-refractivity contribution >= 4 is 11.8 Å². The highest BCUT2D eigenvalue weighted by Crippen LogP contribution is 2.23. The highest BCUT2D eigenvalue weighted by molar-refractivity contribution is 5.90. The van der Waals surface area contributed by atoms with Gasteiger partial charge < -0.3 is 16.0 Å². The van der Waals surface area contributed by atoms with Crippen molar-refractivity contribution in [2.75, 3.05) is 6.54 Å². The van der Waals surface area contributed by atoms with Crippen molar-refractivity contribution < 1.29 is 9.59 Å². The molecule has 1 aromatic heterocycles. The normalized spacial score (nSPS) is 18.5. The van der Waals surface area contributed by atoms with Gasteiger partial charge in [0.2, 0.25) is 11.8 Å². The summed E-state index contributed by atoms with van der Waals surface area (Å²) in [6.45, 7) is 4.42. The summed E-state index contributed by atoms with van der Waals surface area (Å²) in [6, 6.07) is 14.4. The molecule has 0 bridgehead atoms. The number of likely N-dealkylation sites (tertiary alicyclic amines) is 1. The lowest BCUT2D eigenvalue weighted by molar-refractivity contribution is -0.140. The van der Waals surface area contributed by atoms with Crippen LogP contribution in [0.2, 0.25) is 0 Å². The van der Waals surface area contributed by atoms with Gasteiger partial charge in [-0.1, -0.05) is 50.2 Å². The topological polar surface area (TPSA) is 88.3 Å². The average Bonchev–Trinajstić information content (AvgIpc) is 3.23. The predicted molar refractivity (Wildman–Crippen MR) is 113 cm³/mol. The molecule has 6 heteroatoms. The molecule has 1 aliphatic heterocycles. The van der Waals surface area contributed by atoms with Gasteiger partial charge in [0.15, 0.2) is 0 Å². The van der Waals surface area contributed by atoms with E-state index in [1.54, 1.807) is 11.1 Å². The molecular weight excluding hydrogens is 364 g/mol. The third-order valence-corrected chi connectivity index (χ3v) is 5.50. The molecule has 6 nitrogen and oxygen atoms in total. The first-order valence-electron chi connectivity index (χ1n) is 10.3. The Morgan fingerprint density at radius 2 is 1.90 bits per heavy atom. The van der Waals surface area contributed by atoms with Crippen molar-refractivity contribution in [3.05, 3.63) is 66.0 Å². The van der Waals surface area contributed by atoms with Crippen LogP contribution in [0.25, 0.3) is 0 Å². The van der Waals surface area contributed by atoms with Gasteiger partial charge in [-0.3, -0.25) is 14.6 Å². The van der Waals surface area contributed by atoms with E-state index < -0.39 is 12.1 Å². The molecule has 1 saturated heterocycles. The maximum absolute atomic E-state index is 13.2. The molecule has 2 amide bonds. The number of carbonyl (C=O) groups is 2. The van der Waals surface area contributed by atoms with E-state index >= 15 is 0 Å². The molecule has 0 spiro atoms. The van der Waals surface area contributed by atoms with Crippen LogP contribution < -0.4 is 11.1 Å². The summed E-state index contributed by atoms with van der Waals surface area (Å²) in [5, 5.41) is 3.16. The van der Waals surface area contributed by atoms with E-state index in [4.69, 9.17) is 5.73 Å². The number of aromatic nitrogens is 1. The van der Waals surface area contributed by atoms with Crippen molar-refractivity contribution in [2.45, 2.75) is 51.2 Å². The molecule has 2 heterocycles. The van der Waals surface area contributed by atoms with Gasteiger partial charge in [0.1, 0.15) is 6.04 Å². The summed E-state index contributed by atoms with van der Waals surface area (Å²) >= 11 is 0. The summed E-state index contributed by atoms with van der Waals surface area (Å²) in [7, 11) is 0. The number of pyridine rings is 1. The Labute approximate surface area is 172 Å². The van der Waals surface area contributed by atoms with E-state index in [2.05, 4.69) is 10.3 Å². The number of amides is 2. The Balaban J connectivity index is 1.76. The van der Waals surface area contributed by atoms with Crippen LogP contribution in [0.5, 0.6) is 0 Å². The second-order valence-electron chi connectivity index (χ2n) is 7.96. The first-order valence-corrected chi connectivity index (χ1v) is 10.3. The summed E-state index contributed by atoms with van der Waals surface area (Å²) in [4.78, 5) is 32.0. The molecule has 1 aromatic carbocycles. The molecule has 0 saturated carbocycles. The van der Waals surface area contributed by atoms with Crippen LogP contribution >= 0.6 is 0 Å². The number of hydrogen-bond donors (Lipinski definition) is 2. The van der Waals surface area contributed by atoms with Crippen LogP contribution in [-0.2, 0) is 16.0 Å². The lowest BCUT2D eigenvalue weighted by Gasteiger charge is -2.29. The highest BCUT2D eigenvalue weighted by atomic mass is 16.2. The van der Waals surface area contributed by atoms with Gasteiger partial charge in [0.05, 0.1) is 12.1 Å². The van der Waals surface area contributed by atoms with Gasteiger partial charge >= 0.3 is 0 Å². The molecule has 0 aliphatic carbocycles. The predicted octanol–water partition coefficient (Wildman–Crippen LogP) is 2.46. The Morgan fingerprint density at radius 1 is 1.17 bits per heavy atom. The summed E-state index contributed by atoms with van der Waals surface area (Å²) in [5.41, 5.74) is 7.99. The van der Waals surface area contributed by atoms with E-state index in [1.807, 2.05) is 62.4 Å². The van der Waals surface area contributed by atoms with E-state index in [0.717, 1.165) is 17.7 Å². The van der Waals surface area contributed by atoms with Crippen LogP contribution in [-0.4, -0.2) is 40.3 Å². The van der Waals surface area contributed by atoms with Crippen LogP contribution in [0, 0.1) is 5.92 Å². The number of rotatable bonds is 7. The van der Waals surface area contributed by atoms with E-state index in [9.17, 15) is 9.59 Å². The summed E-state index contributed by atoms with van der Waals surface area (Å²) in [5.74, 6) is -0.233. The van der Waals surface area contributed by atoms with E-state index in [0.29, 0.717) is 19.4 Å². The Kier molecular flexibility index (Phi) is 6.99. The Bertz CT molecular complexity index is 810. The van der Waals surface area contributed by atoms with Gasteiger partial charge in [-0.25, -0.2) is 0 Å². The minimum Gasteiger partial charge on any atom is -0.347 e. The first-order chi connectivity index (χ1) is 14.0. The summed E-state index contributed by atoms with van der Waals surface area (Å²) < 4.78 is 0. The minimum absolute atomic E-state index is 0.0352. The SMILES string of the molecule is CC(C)C(N)C(=O)N1CCCC1C(=O)NC(Cc1ccccn1)c1ccccc1. The Morgan fingerprint density at radius 3 is 2.55 bits per heavy atom. The smallest absolute Gasteiger partial charge is 0.243 e. The molecule has 1 aliphatic rings. The van der Waals surface area contributed by atoms with E-state index in [1.165, 1.54) is 0 Å². The molecule has 3 unspecified atom stereocenters. The largest absolute Gasteiger partial charge is 0.347 e. The number of nitrogens with zero attached hydrogens (tertiary/aromatic N) is 2. The highest BCUT2D eigenvalue weighted by Gasteiger charge is 2.37. The van der Waals surface area contributed by atoms with Gasteiger partial charge in [-0.05, 0) is 36.5 Å². The third kappa shape index (κ3) is 5.21. The van der Waals surface area contributed by atoms with Gasteiger partial charge in [-0.15, -0.1) is 0 Å². The molecule has 2 aromatic rings. The summed E-state index contributed by atoms with van der Waals surface area (Å²) in [6.07, 6.45) is 3.81. The fraction of sp³-hybridized carbons (Fsp3) is 0.435. The zero-order valence-electron chi connectivity index (χ0n) is 17.1. The lowest BCUT2D eigenvalue weighted by atomic mass is 10.0. The third-order valence-electron chi connectivity index (χ3n) is 5.50. The fourth-order valence-corrected chi connectivity index (χ4v) is 3.71. The Hall–Kier alpha value is -2.73. The van der Waals surface area contributed by atoms with Gasteiger partial charge in [0.25, 0.3) is 0 Å². The molecule has 3 N–H and O–H groups in total. The van der Waals surface area contributed by atoms with Crippen molar-refractivity contribution in [3.63, 3.8) is 0 Å². The van der Waals surface area contributed by atoms with Crippen LogP contribution in [0.3, 0.4) is 0 Å². The second kappa shape index (κ2) is 9.65. The molecular formula is C23H30N4O2. The standard InChI is InChI=1S/C23H30N4O2/c1-16(2)21(24)23(29)27-14-8-12-20(27)22(28)26-19(17-9-4-3-5-10-17)15-18-11-6-7-13-25-18/h3-7,9-11,13,16,19-21H,8,12,14-15,24H2,1-2H3,(H,26,28). The van der Waals surface area contributed by atoms with Crippen molar-refractivity contribution in [1.82, 2.24) is 15.2 Å². The maximum atomic E-state index is 13.2. The van der Waals surface area contributed by atoms with Crippen molar-refractivity contribution in [1.29, 1.82) is 0 Å². The molecule has 29 heavy (non-hydrogen) atoms. The lowest BCUT2D eigenvalue weighted by Crippen LogP contribution is -2.53. The number of hydrogen-bond acceptors (Lipinski definition) is 4. The zero-order chi connectivity index (χ0) is 20.8. The molecule has 0 radical (unpaired) electrons. The molecule has 3 atom stereocenters. The van der Waals surface area contributed by atoms with Crippen molar-refractivity contribution in [2.24, 2.45) is 11.7 Å². The van der Waals surface area contributed by atoms with E-state index in [-0.39, 0.29) is 23.8 Å². The van der Waals surface area contributed by atoms with Crippen LogP contribution in [0.4, 0.5) is 0 Å². The minimum atomic E-state index is -0.582. The number of benzene rings is 1. The quantitative estimate of drug-likeness (QED) is 0.755. The number of nitrogens with two attached hydrogens (primary N) is 1. The van der Waals surface area contributed by atoms with Crippen LogP contribution in [0.15, 0.2) is 54.7 Å². The first kappa shape index (κ1) is 21.0. The molecule has 154 valence electrons. The number of carbonyl (C=O) groups excluding carboxylic acids is 2.